The van der Waals surface area contributed by atoms with Crippen molar-refractivity contribution in [3.8, 4) is 0 Å². The molecule has 25 heavy (non-hydrogen) atoms. The Morgan fingerprint density at radius 2 is 1.92 bits per heavy atom. The predicted molar refractivity (Wildman–Crippen MR) is 96.4 cm³/mol. The van der Waals surface area contributed by atoms with E-state index in [4.69, 9.17) is 9.31 Å². The lowest BCUT2D eigenvalue weighted by molar-refractivity contribution is 0.00578. The Morgan fingerprint density at radius 3 is 2.48 bits per heavy atom. The maximum atomic E-state index is 11.2. The predicted octanol–water partition coefficient (Wildman–Crippen LogP) is 1.57. The molecule has 2 aliphatic heterocycles. The zero-order valence-electron chi connectivity index (χ0n) is 15.5. The summed E-state index contributed by atoms with van der Waals surface area (Å²) in [6.07, 6.45) is 0.885. The number of aromatic nitrogens is 1. The van der Waals surface area contributed by atoms with E-state index in [9.17, 15) is 9.90 Å². The number of rotatable bonds is 2. The standard InChI is InChI=1S/C17H26BN3O4/c1-12-11-20(8-9-21(12)15(22)23)14-10-13(6-7-19-14)18-24-16(2,3)17(4,5)25-18/h6-7,10,12H,8-9,11H2,1-5H3,(H,22,23)/t12-/m0/s1. The minimum Gasteiger partial charge on any atom is -0.465 e. The highest BCUT2D eigenvalue weighted by atomic mass is 16.7. The topological polar surface area (TPSA) is 75.1 Å². The molecular formula is C17H26BN3O4. The molecule has 0 saturated carbocycles. The van der Waals surface area contributed by atoms with E-state index < -0.39 is 13.2 Å². The molecule has 0 unspecified atom stereocenters. The molecule has 2 fully saturated rings. The molecule has 2 saturated heterocycles. The second kappa shape index (κ2) is 6.18. The van der Waals surface area contributed by atoms with E-state index >= 15 is 0 Å². The number of anilines is 1. The first-order valence-corrected chi connectivity index (χ1v) is 8.67. The van der Waals surface area contributed by atoms with Crippen LogP contribution in [0.4, 0.5) is 10.6 Å². The Balaban J connectivity index is 1.76. The first-order chi connectivity index (χ1) is 11.6. The van der Waals surface area contributed by atoms with Gasteiger partial charge in [-0.05, 0) is 52.2 Å². The number of carboxylic acid groups (broad SMARTS) is 1. The lowest BCUT2D eigenvalue weighted by Crippen LogP contribution is -2.54. The zero-order valence-corrected chi connectivity index (χ0v) is 15.5. The molecule has 3 heterocycles. The molecule has 1 aromatic heterocycles. The van der Waals surface area contributed by atoms with Gasteiger partial charge in [0.25, 0.3) is 0 Å². The molecule has 136 valence electrons. The summed E-state index contributed by atoms with van der Waals surface area (Å²) in [5.41, 5.74) is 0.155. The van der Waals surface area contributed by atoms with Gasteiger partial charge in [-0.2, -0.15) is 0 Å². The Labute approximate surface area is 149 Å². The Bertz CT molecular complexity index is 651. The highest BCUT2D eigenvalue weighted by molar-refractivity contribution is 6.62. The Hall–Kier alpha value is -1.80. The third-order valence-electron chi connectivity index (χ3n) is 5.49. The number of pyridine rings is 1. The van der Waals surface area contributed by atoms with Crippen LogP contribution in [0.2, 0.25) is 0 Å². The van der Waals surface area contributed by atoms with Gasteiger partial charge >= 0.3 is 13.2 Å². The van der Waals surface area contributed by atoms with Crippen molar-refractivity contribution in [1.29, 1.82) is 0 Å². The fraction of sp³-hybridized carbons (Fsp3) is 0.647. The van der Waals surface area contributed by atoms with Crippen molar-refractivity contribution in [3.63, 3.8) is 0 Å². The van der Waals surface area contributed by atoms with E-state index in [1.807, 2.05) is 46.8 Å². The van der Waals surface area contributed by atoms with Gasteiger partial charge in [-0.3, -0.25) is 0 Å². The number of hydrogen-bond acceptors (Lipinski definition) is 5. The number of amides is 1. The van der Waals surface area contributed by atoms with Crippen LogP contribution in [0, 0.1) is 0 Å². The quantitative estimate of drug-likeness (QED) is 0.819. The summed E-state index contributed by atoms with van der Waals surface area (Å²) >= 11 is 0. The average Bonchev–Trinajstić information content (AvgIpc) is 2.75. The molecular weight excluding hydrogens is 321 g/mol. The maximum Gasteiger partial charge on any atom is 0.495 e. The summed E-state index contributed by atoms with van der Waals surface area (Å²) in [6, 6.07) is 3.81. The van der Waals surface area contributed by atoms with Gasteiger partial charge in [0, 0.05) is 31.9 Å². The molecule has 0 radical (unpaired) electrons. The smallest absolute Gasteiger partial charge is 0.465 e. The normalized spacial score (nSPS) is 25.3. The highest BCUT2D eigenvalue weighted by Crippen LogP contribution is 2.36. The summed E-state index contributed by atoms with van der Waals surface area (Å²) in [7, 11) is -0.426. The molecule has 1 amide bonds. The lowest BCUT2D eigenvalue weighted by atomic mass is 9.79. The monoisotopic (exact) mass is 347 g/mol. The van der Waals surface area contributed by atoms with Crippen molar-refractivity contribution in [2.24, 2.45) is 0 Å². The molecule has 0 bridgehead atoms. The van der Waals surface area contributed by atoms with Crippen molar-refractivity contribution < 1.29 is 19.2 Å². The minimum atomic E-state index is -0.869. The third-order valence-corrected chi connectivity index (χ3v) is 5.49. The van der Waals surface area contributed by atoms with Gasteiger partial charge < -0.3 is 24.2 Å². The van der Waals surface area contributed by atoms with E-state index in [-0.39, 0.29) is 17.2 Å². The summed E-state index contributed by atoms with van der Waals surface area (Å²) in [5.74, 6) is 0.823. The Morgan fingerprint density at radius 1 is 1.28 bits per heavy atom. The number of nitrogens with zero attached hydrogens (tertiary/aromatic N) is 3. The molecule has 1 aromatic rings. The van der Waals surface area contributed by atoms with E-state index in [0.717, 1.165) is 11.3 Å². The van der Waals surface area contributed by atoms with Gasteiger partial charge in [0.05, 0.1) is 11.2 Å². The number of piperazine rings is 1. The van der Waals surface area contributed by atoms with Crippen molar-refractivity contribution in [1.82, 2.24) is 9.88 Å². The van der Waals surface area contributed by atoms with E-state index in [0.29, 0.717) is 19.6 Å². The van der Waals surface area contributed by atoms with Gasteiger partial charge in [-0.15, -0.1) is 0 Å². The maximum absolute atomic E-state index is 11.2. The van der Waals surface area contributed by atoms with Crippen molar-refractivity contribution in [2.75, 3.05) is 24.5 Å². The molecule has 1 atom stereocenters. The summed E-state index contributed by atoms with van der Waals surface area (Å²) in [6.45, 7) is 11.7. The minimum absolute atomic E-state index is 0.0754. The van der Waals surface area contributed by atoms with E-state index in [1.165, 1.54) is 4.90 Å². The molecule has 7 nitrogen and oxygen atoms in total. The van der Waals surface area contributed by atoms with Crippen LogP contribution in [0.5, 0.6) is 0 Å². The molecule has 8 heteroatoms. The summed E-state index contributed by atoms with van der Waals surface area (Å²) in [4.78, 5) is 19.3. The first-order valence-electron chi connectivity index (χ1n) is 8.67. The second-order valence-electron chi connectivity index (χ2n) is 7.81. The van der Waals surface area contributed by atoms with Crippen LogP contribution in [0.15, 0.2) is 18.3 Å². The van der Waals surface area contributed by atoms with Crippen molar-refractivity contribution in [2.45, 2.75) is 51.9 Å². The largest absolute Gasteiger partial charge is 0.495 e. The van der Waals surface area contributed by atoms with Crippen LogP contribution in [0.3, 0.4) is 0 Å². The van der Waals surface area contributed by atoms with Gasteiger partial charge in [0.2, 0.25) is 0 Å². The van der Waals surface area contributed by atoms with Crippen molar-refractivity contribution >= 4 is 24.5 Å². The second-order valence-corrected chi connectivity index (χ2v) is 7.81. The van der Waals surface area contributed by atoms with Crippen molar-refractivity contribution in [3.05, 3.63) is 18.3 Å². The van der Waals surface area contributed by atoms with Gasteiger partial charge in [0.15, 0.2) is 0 Å². The molecule has 0 aromatic carbocycles. The lowest BCUT2D eigenvalue weighted by Gasteiger charge is -2.38. The first kappa shape index (κ1) is 18.0. The SMILES string of the molecule is C[C@H]1CN(c2cc(B3OC(C)(C)C(C)(C)O3)ccn2)CCN1C(=O)O. The third kappa shape index (κ3) is 3.33. The summed E-state index contributed by atoms with van der Waals surface area (Å²) < 4.78 is 12.2. The number of hydrogen-bond donors (Lipinski definition) is 1. The van der Waals surface area contributed by atoms with Crippen LogP contribution in [0.1, 0.15) is 34.6 Å². The van der Waals surface area contributed by atoms with Gasteiger partial charge in [0.1, 0.15) is 5.82 Å². The van der Waals surface area contributed by atoms with Crippen LogP contribution in [-0.2, 0) is 9.31 Å². The van der Waals surface area contributed by atoms with Crippen LogP contribution in [0.25, 0.3) is 0 Å². The Kier molecular flexibility index (Phi) is 4.45. The zero-order chi connectivity index (χ0) is 18.4. The molecule has 3 rings (SSSR count). The van der Waals surface area contributed by atoms with Crippen LogP contribution < -0.4 is 10.4 Å². The summed E-state index contributed by atoms with van der Waals surface area (Å²) in [5, 5.41) is 9.21. The van der Waals surface area contributed by atoms with Gasteiger partial charge in [-0.1, -0.05) is 0 Å². The van der Waals surface area contributed by atoms with Gasteiger partial charge in [-0.25, -0.2) is 9.78 Å². The average molecular weight is 347 g/mol. The molecule has 2 aliphatic rings. The molecule has 1 N–H and O–H groups in total. The van der Waals surface area contributed by atoms with Crippen LogP contribution >= 0.6 is 0 Å². The molecule has 0 spiro atoms. The molecule has 0 aliphatic carbocycles. The number of carbonyl (C=O) groups is 1. The highest BCUT2D eigenvalue weighted by Gasteiger charge is 2.51. The van der Waals surface area contributed by atoms with Crippen LogP contribution in [-0.4, -0.2) is 65.1 Å². The fourth-order valence-electron chi connectivity index (χ4n) is 3.18. The van der Waals surface area contributed by atoms with E-state index in [1.54, 1.807) is 6.20 Å². The fourth-order valence-corrected chi connectivity index (χ4v) is 3.18. The van der Waals surface area contributed by atoms with E-state index in [2.05, 4.69) is 9.88 Å².